The molecule has 0 aliphatic heterocycles. The summed E-state index contributed by atoms with van der Waals surface area (Å²) in [5, 5.41) is 17.5. The molecular weight excluding hydrogens is 176 g/mol. The molecule has 0 aliphatic carbocycles. The van der Waals surface area contributed by atoms with Crippen molar-refractivity contribution in [2.75, 3.05) is 7.11 Å². The highest BCUT2D eigenvalue weighted by Gasteiger charge is 2.07. The number of aryl methyl sites for hydroxylation is 1. The second kappa shape index (κ2) is 4.30. The smallest absolute Gasteiger partial charge is 0.119 e. The van der Waals surface area contributed by atoms with E-state index in [9.17, 15) is 0 Å². The maximum atomic E-state index is 8.89. The Morgan fingerprint density at radius 2 is 2.07 bits per heavy atom. The van der Waals surface area contributed by atoms with E-state index in [1.165, 1.54) is 0 Å². The van der Waals surface area contributed by atoms with Crippen molar-refractivity contribution < 1.29 is 4.74 Å². The predicted molar refractivity (Wildman–Crippen MR) is 51.8 cm³/mol. The highest BCUT2D eigenvalue weighted by molar-refractivity contribution is 5.49. The molecule has 0 unspecified atom stereocenters. The number of methoxy groups -OCH3 is 1. The van der Waals surface area contributed by atoms with Crippen LogP contribution in [0.3, 0.4) is 0 Å². The molecule has 3 nitrogen and oxygen atoms in total. The zero-order valence-electron chi connectivity index (χ0n) is 8.16. The molecule has 0 amide bonds. The van der Waals surface area contributed by atoms with Gasteiger partial charge in [-0.05, 0) is 30.2 Å². The topological polar surface area (TPSA) is 56.8 Å². The van der Waals surface area contributed by atoms with Crippen LogP contribution in [0.4, 0.5) is 0 Å². The third-order valence-corrected chi connectivity index (χ3v) is 2.01. The maximum absolute atomic E-state index is 8.89. The van der Waals surface area contributed by atoms with Crippen LogP contribution in [0, 0.1) is 29.6 Å². The van der Waals surface area contributed by atoms with Crippen LogP contribution in [0.1, 0.15) is 16.7 Å². The maximum Gasteiger partial charge on any atom is 0.119 e. The lowest BCUT2D eigenvalue weighted by Crippen LogP contribution is -1.94. The van der Waals surface area contributed by atoms with Gasteiger partial charge in [0, 0.05) is 0 Å². The normalized spacial score (nSPS) is 8.86. The molecule has 0 bridgehead atoms. The molecule has 1 aromatic carbocycles. The molecule has 0 aromatic heterocycles. The van der Waals surface area contributed by atoms with E-state index in [1.807, 2.05) is 13.0 Å². The van der Waals surface area contributed by atoms with E-state index in [4.69, 9.17) is 15.3 Å². The van der Waals surface area contributed by atoms with Gasteiger partial charge in [-0.1, -0.05) is 0 Å². The third-order valence-electron chi connectivity index (χ3n) is 2.01. The quantitative estimate of drug-likeness (QED) is 0.709. The summed E-state index contributed by atoms with van der Waals surface area (Å²) in [7, 11) is 1.57. The van der Waals surface area contributed by atoms with Gasteiger partial charge in [-0.25, -0.2) is 0 Å². The minimum Gasteiger partial charge on any atom is -0.497 e. The molecular formula is C11H10N2O. The molecule has 70 valence electrons. The van der Waals surface area contributed by atoms with Gasteiger partial charge in [0.05, 0.1) is 31.2 Å². The first-order valence-electron chi connectivity index (χ1n) is 4.17. The van der Waals surface area contributed by atoms with Crippen LogP contribution >= 0.6 is 0 Å². The number of hydrogen-bond donors (Lipinski definition) is 0. The van der Waals surface area contributed by atoms with Gasteiger partial charge in [0.2, 0.25) is 0 Å². The van der Waals surface area contributed by atoms with Crippen LogP contribution in [0.25, 0.3) is 0 Å². The first kappa shape index (κ1) is 10.1. The minimum atomic E-state index is 0.237. The molecule has 0 fully saturated rings. The lowest BCUT2D eigenvalue weighted by atomic mass is 10.0. The molecule has 3 heteroatoms. The van der Waals surface area contributed by atoms with Crippen LogP contribution in [0.5, 0.6) is 5.75 Å². The van der Waals surface area contributed by atoms with Crippen LogP contribution in [0.15, 0.2) is 12.1 Å². The third kappa shape index (κ3) is 1.84. The van der Waals surface area contributed by atoms with Crippen molar-refractivity contribution in [2.24, 2.45) is 0 Å². The Balaban J connectivity index is 3.31. The van der Waals surface area contributed by atoms with E-state index in [-0.39, 0.29) is 6.42 Å². The molecule has 1 rings (SSSR count). The summed E-state index contributed by atoms with van der Waals surface area (Å²) >= 11 is 0. The molecule has 14 heavy (non-hydrogen) atoms. The van der Waals surface area contributed by atoms with E-state index < -0.39 is 0 Å². The Kier molecular flexibility index (Phi) is 3.09. The summed E-state index contributed by atoms with van der Waals surface area (Å²) in [5.41, 5.74) is 2.15. The number of nitrogens with zero attached hydrogens (tertiary/aromatic N) is 2. The van der Waals surface area contributed by atoms with E-state index in [1.54, 1.807) is 19.2 Å². The molecule has 0 saturated heterocycles. The summed E-state index contributed by atoms with van der Waals surface area (Å²) in [4.78, 5) is 0. The van der Waals surface area contributed by atoms with Crippen molar-refractivity contribution in [3.63, 3.8) is 0 Å². The van der Waals surface area contributed by atoms with Gasteiger partial charge in [-0.15, -0.1) is 0 Å². The summed E-state index contributed by atoms with van der Waals surface area (Å²) in [6.07, 6.45) is 0.237. The van der Waals surface area contributed by atoms with E-state index in [2.05, 4.69) is 6.07 Å². The summed E-state index contributed by atoms with van der Waals surface area (Å²) in [6, 6.07) is 7.65. The summed E-state index contributed by atoms with van der Waals surface area (Å²) < 4.78 is 5.06. The van der Waals surface area contributed by atoms with Crippen molar-refractivity contribution in [1.82, 2.24) is 0 Å². The Labute approximate surface area is 83.2 Å². The van der Waals surface area contributed by atoms with Gasteiger partial charge in [-0.2, -0.15) is 10.5 Å². The van der Waals surface area contributed by atoms with Gasteiger partial charge < -0.3 is 4.74 Å². The first-order valence-corrected chi connectivity index (χ1v) is 4.17. The number of ether oxygens (including phenoxy) is 1. The fourth-order valence-electron chi connectivity index (χ4n) is 1.33. The number of rotatable bonds is 2. The predicted octanol–water partition coefficient (Wildman–Crippen LogP) is 1.94. The molecule has 0 heterocycles. The molecule has 0 N–H and O–H groups in total. The fraction of sp³-hybridized carbons (Fsp3) is 0.273. The minimum absolute atomic E-state index is 0.237. The average molecular weight is 186 g/mol. The van der Waals surface area contributed by atoms with Gasteiger partial charge in [0.1, 0.15) is 5.75 Å². The fourth-order valence-corrected chi connectivity index (χ4v) is 1.33. The lowest BCUT2D eigenvalue weighted by Gasteiger charge is -2.06. The monoisotopic (exact) mass is 186 g/mol. The first-order chi connectivity index (χ1) is 6.72. The Bertz CT molecular complexity index is 424. The second-order valence-corrected chi connectivity index (χ2v) is 2.93. The van der Waals surface area contributed by atoms with Crippen LogP contribution in [-0.2, 0) is 6.42 Å². The SMILES string of the molecule is COc1cc(C)c(C#N)c(CC#N)c1. The molecule has 1 aromatic rings. The van der Waals surface area contributed by atoms with Gasteiger partial charge >= 0.3 is 0 Å². The lowest BCUT2D eigenvalue weighted by molar-refractivity contribution is 0.414. The summed E-state index contributed by atoms with van der Waals surface area (Å²) in [6.45, 7) is 1.84. The largest absolute Gasteiger partial charge is 0.497 e. The van der Waals surface area contributed by atoms with Crippen LogP contribution in [0.2, 0.25) is 0 Å². The number of nitriles is 2. The van der Waals surface area contributed by atoms with E-state index in [0.717, 1.165) is 11.1 Å². The number of hydrogen-bond acceptors (Lipinski definition) is 3. The van der Waals surface area contributed by atoms with Crippen molar-refractivity contribution in [2.45, 2.75) is 13.3 Å². The molecule has 0 saturated carbocycles. The highest BCUT2D eigenvalue weighted by atomic mass is 16.5. The van der Waals surface area contributed by atoms with E-state index >= 15 is 0 Å². The molecule has 0 spiro atoms. The van der Waals surface area contributed by atoms with Crippen molar-refractivity contribution in [1.29, 1.82) is 10.5 Å². The van der Waals surface area contributed by atoms with Crippen LogP contribution < -0.4 is 4.74 Å². The van der Waals surface area contributed by atoms with Crippen molar-refractivity contribution in [3.05, 3.63) is 28.8 Å². The second-order valence-electron chi connectivity index (χ2n) is 2.93. The highest BCUT2D eigenvalue weighted by Crippen LogP contribution is 2.21. The number of benzene rings is 1. The zero-order chi connectivity index (χ0) is 10.6. The van der Waals surface area contributed by atoms with Crippen molar-refractivity contribution >= 4 is 0 Å². The van der Waals surface area contributed by atoms with Gasteiger partial charge in [0.15, 0.2) is 0 Å². The zero-order valence-corrected chi connectivity index (χ0v) is 8.16. The molecule has 0 aliphatic rings. The molecule has 0 atom stereocenters. The van der Waals surface area contributed by atoms with Crippen LogP contribution in [-0.4, -0.2) is 7.11 Å². The Hall–Kier alpha value is -2.00. The summed E-state index contributed by atoms with van der Waals surface area (Å²) in [5.74, 6) is 0.687. The van der Waals surface area contributed by atoms with Gasteiger partial charge in [-0.3, -0.25) is 0 Å². The average Bonchev–Trinajstić information content (AvgIpc) is 2.18. The molecule has 0 radical (unpaired) electrons. The Morgan fingerprint density at radius 1 is 1.36 bits per heavy atom. The van der Waals surface area contributed by atoms with Crippen molar-refractivity contribution in [3.8, 4) is 17.9 Å². The Morgan fingerprint density at radius 3 is 2.57 bits per heavy atom. The standard InChI is InChI=1S/C11H10N2O/c1-8-5-10(14-2)6-9(3-4-12)11(8)7-13/h5-6H,3H2,1-2H3. The van der Waals surface area contributed by atoms with Gasteiger partial charge in [0.25, 0.3) is 0 Å². The van der Waals surface area contributed by atoms with E-state index in [0.29, 0.717) is 11.3 Å².